The van der Waals surface area contributed by atoms with E-state index in [0.717, 1.165) is 29.3 Å². The minimum atomic E-state index is -0.651. The Kier molecular flexibility index (Phi) is 8.09. The van der Waals surface area contributed by atoms with Crippen molar-refractivity contribution in [2.75, 3.05) is 14.2 Å². The van der Waals surface area contributed by atoms with E-state index in [2.05, 4.69) is 26.8 Å². The molecule has 0 bridgehead atoms. The number of amides is 1. The first kappa shape index (κ1) is 21.6. The normalized spacial score (nSPS) is 13.8. The van der Waals surface area contributed by atoms with Crippen molar-refractivity contribution in [1.29, 1.82) is 0 Å². The van der Waals surface area contributed by atoms with Gasteiger partial charge in [0, 0.05) is 11.5 Å². The van der Waals surface area contributed by atoms with Gasteiger partial charge in [0.2, 0.25) is 5.91 Å². The van der Waals surface area contributed by atoms with Crippen LogP contribution in [-0.4, -0.2) is 26.0 Å². The molecule has 0 saturated heterocycles. The predicted octanol–water partition coefficient (Wildman–Crippen LogP) is 3.72. The van der Waals surface area contributed by atoms with Crippen LogP contribution in [0.25, 0.3) is 0 Å². The van der Waals surface area contributed by atoms with E-state index in [1.165, 1.54) is 7.11 Å². The van der Waals surface area contributed by atoms with Crippen LogP contribution in [-0.2, 0) is 19.7 Å². The van der Waals surface area contributed by atoms with Gasteiger partial charge in [0.15, 0.2) is 0 Å². The number of esters is 1. The van der Waals surface area contributed by atoms with E-state index in [-0.39, 0.29) is 11.9 Å². The van der Waals surface area contributed by atoms with Gasteiger partial charge in [0.1, 0.15) is 0 Å². The van der Waals surface area contributed by atoms with Gasteiger partial charge in [-0.15, -0.1) is 0 Å². The molecule has 0 aliphatic rings. The van der Waals surface area contributed by atoms with Crippen molar-refractivity contribution in [1.82, 2.24) is 10.9 Å². The molecule has 1 rings (SSSR count). The van der Waals surface area contributed by atoms with Gasteiger partial charge < -0.3 is 4.74 Å². The molecular weight excluding hydrogens is 384 g/mol. The van der Waals surface area contributed by atoms with Crippen LogP contribution in [0.4, 0.5) is 0 Å². The van der Waals surface area contributed by atoms with Crippen molar-refractivity contribution < 1.29 is 14.3 Å². The zero-order chi connectivity index (χ0) is 19.1. The molecule has 2 N–H and O–H groups in total. The summed E-state index contributed by atoms with van der Waals surface area (Å²) in [6, 6.07) is 7.83. The molecule has 1 atom stereocenters. The molecule has 1 amide bonds. The molecule has 0 radical (unpaired) electrons. The van der Waals surface area contributed by atoms with Crippen molar-refractivity contribution in [3.8, 4) is 0 Å². The lowest BCUT2D eigenvalue weighted by Crippen LogP contribution is -2.47. The highest BCUT2D eigenvalue weighted by Crippen LogP contribution is 2.33. The second-order valence-electron chi connectivity index (χ2n) is 7.13. The van der Waals surface area contributed by atoms with Crippen molar-refractivity contribution in [2.45, 2.75) is 51.9 Å². The van der Waals surface area contributed by atoms with Gasteiger partial charge in [-0.05, 0) is 51.3 Å². The number of benzene rings is 1. The second-order valence-corrected chi connectivity index (χ2v) is 8.04. The number of hydrazine groups is 1. The summed E-state index contributed by atoms with van der Waals surface area (Å²) in [5.74, 6) is -0.268. The van der Waals surface area contributed by atoms with Crippen LogP contribution in [0.2, 0.25) is 0 Å². The van der Waals surface area contributed by atoms with Gasteiger partial charge in [-0.3, -0.25) is 15.0 Å². The fourth-order valence-corrected chi connectivity index (χ4v) is 3.30. The Balaban J connectivity index is 2.82. The Labute approximate surface area is 159 Å². The first-order valence-electron chi connectivity index (χ1n) is 8.49. The van der Waals surface area contributed by atoms with Crippen LogP contribution in [0.3, 0.4) is 0 Å². The lowest BCUT2D eigenvalue weighted by atomic mass is 9.76. The lowest BCUT2D eigenvalue weighted by molar-refractivity contribution is -0.151. The van der Waals surface area contributed by atoms with Crippen LogP contribution in [0.5, 0.6) is 0 Å². The Morgan fingerprint density at radius 3 is 2.36 bits per heavy atom. The van der Waals surface area contributed by atoms with Gasteiger partial charge in [0.25, 0.3) is 0 Å². The summed E-state index contributed by atoms with van der Waals surface area (Å²) < 4.78 is 5.79. The molecule has 0 fully saturated rings. The minimum absolute atomic E-state index is 0.0691. The molecule has 0 heterocycles. The van der Waals surface area contributed by atoms with E-state index in [1.54, 1.807) is 7.05 Å². The van der Waals surface area contributed by atoms with Crippen molar-refractivity contribution in [3.63, 3.8) is 0 Å². The molecule has 0 aliphatic carbocycles. The standard InChI is InChI=1S/C19H29BrN2O3/c1-18(2,17(24)25-5)11-6-7-12-19(3,16(23)22-21-4)14-9-8-10-15(20)13-14/h8-10,13,21H,6-7,11-12H2,1-5H3,(H,22,23). The van der Waals surface area contributed by atoms with Gasteiger partial charge in [0.05, 0.1) is 17.9 Å². The number of hydrogen-bond acceptors (Lipinski definition) is 4. The molecule has 25 heavy (non-hydrogen) atoms. The molecule has 1 aromatic rings. The first-order chi connectivity index (χ1) is 11.7. The molecule has 1 unspecified atom stereocenters. The highest BCUT2D eigenvalue weighted by Gasteiger charge is 2.35. The van der Waals surface area contributed by atoms with E-state index in [1.807, 2.05) is 45.0 Å². The molecule has 0 saturated carbocycles. The molecule has 0 aliphatic heterocycles. The summed E-state index contributed by atoms with van der Waals surface area (Å²) >= 11 is 3.48. The minimum Gasteiger partial charge on any atom is -0.469 e. The van der Waals surface area contributed by atoms with Crippen LogP contribution >= 0.6 is 15.9 Å². The third kappa shape index (κ3) is 5.82. The third-order valence-electron chi connectivity index (χ3n) is 4.67. The van der Waals surface area contributed by atoms with Gasteiger partial charge >= 0.3 is 5.97 Å². The maximum atomic E-state index is 12.7. The predicted molar refractivity (Wildman–Crippen MR) is 103 cm³/mol. The van der Waals surface area contributed by atoms with E-state index in [0.29, 0.717) is 6.42 Å². The first-order valence-corrected chi connectivity index (χ1v) is 9.28. The van der Waals surface area contributed by atoms with E-state index in [9.17, 15) is 9.59 Å². The summed E-state index contributed by atoms with van der Waals surface area (Å²) in [7, 11) is 3.09. The number of halogens is 1. The second kappa shape index (κ2) is 9.34. The Bertz CT molecular complexity index is 604. The van der Waals surface area contributed by atoms with Gasteiger partial charge in [-0.1, -0.05) is 40.9 Å². The average molecular weight is 413 g/mol. The highest BCUT2D eigenvalue weighted by molar-refractivity contribution is 9.10. The lowest BCUT2D eigenvalue weighted by Gasteiger charge is -2.29. The maximum Gasteiger partial charge on any atom is 0.311 e. The van der Waals surface area contributed by atoms with Crippen LogP contribution in [0.1, 0.15) is 52.0 Å². The molecule has 0 spiro atoms. The van der Waals surface area contributed by atoms with Crippen molar-refractivity contribution in [3.05, 3.63) is 34.3 Å². The Morgan fingerprint density at radius 2 is 1.80 bits per heavy atom. The van der Waals surface area contributed by atoms with E-state index < -0.39 is 10.8 Å². The summed E-state index contributed by atoms with van der Waals surface area (Å²) in [6.45, 7) is 5.73. The number of ether oxygens (including phenoxy) is 1. The molecular formula is C19H29BrN2O3. The van der Waals surface area contributed by atoms with E-state index in [4.69, 9.17) is 4.74 Å². The topological polar surface area (TPSA) is 67.4 Å². The average Bonchev–Trinajstić information content (AvgIpc) is 2.57. The molecule has 6 heteroatoms. The largest absolute Gasteiger partial charge is 0.469 e. The molecule has 1 aromatic carbocycles. The number of nitrogens with one attached hydrogen (secondary N) is 2. The fourth-order valence-electron chi connectivity index (χ4n) is 2.90. The summed E-state index contributed by atoms with van der Waals surface area (Å²) in [5.41, 5.74) is 5.24. The number of methoxy groups -OCH3 is 1. The highest BCUT2D eigenvalue weighted by atomic mass is 79.9. The number of rotatable bonds is 9. The quantitative estimate of drug-likeness (QED) is 0.368. The SMILES string of the molecule is CNNC(=O)C(C)(CCCCC(C)(C)C(=O)OC)c1cccc(Br)c1. The summed E-state index contributed by atoms with van der Waals surface area (Å²) in [6.07, 6.45) is 3.09. The number of unbranched alkanes of at least 4 members (excludes halogenated alkanes) is 1. The third-order valence-corrected chi connectivity index (χ3v) is 5.16. The maximum absolute atomic E-state index is 12.7. The molecule has 0 aromatic heterocycles. The Morgan fingerprint density at radius 1 is 1.16 bits per heavy atom. The Hall–Kier alpha value is -1.40. The molecule has 140 valence electrons. The fraction of sp³-hybridized carbons (Fsp3) is 0.579. The summed E-state index contributed by atoms with van der Waals surface area (Å²) in [5, 5.41) is 0. The number of carbonyl (C=O) groups is 2. The monoisotopic (exact) mass is 412 g/mol. The molecule has 5 nitrogen and oxygen atoms in total. The summed E-state index contributed by atoms with van der Waals surface area (Å²) in [4.78, 5) is 24.4. The smallest absolute Gasteiger partial charge is 0.311 e. The van der Waals surface area contributed by atoms with Crippen molar-refractivity contribution in [2.24, 2.45) is 5.41 Å². The number of carbonyl (C=O) groups excluding carboxylic acids is 2. The zero-order valence-electron chi connectivity index (χ0n) is 15.7. The van der Waals surface area contributed by atoms with Crippen LogP contribution < -0.4 is 10.9 Å². The van der Waals surface area contributed by atoms with Crippen LogP contribution in [0.15, 0.2) is 28.7 Å². The zero-order valence-corrected chi connectivity index (χ0v) is 17.3. The number of hydrogen-bond donors (Lipinski definition) is 2. The van der Waals surface area contributed by atoms with Crippen LogP contribution in [0, 0.1) is 5.41 Å². The van der Waals surface area contributed by atoms with Crippen molar-refractivity contribution >= 4 is 27.8 Å². The van der Waals surface area contributed by atoms with E-state index >= 15 is 0 Å². The van der Waals surface area contributed by atoms with Gasteiger partial charge in [-0.2, -0.15) is 0 Å². The van der Waals surface area contributed by atoms with Gasteiger partial charge in [-0.25, -0.2) is 5.43 Å².